The van der Waals surface area contributed by atoms with Gasteiger partial charge in [-0.2, -0.15) is 0 Å². The van der Waals surface area contributed by atoms with Gasteiger partial charge in [0.2, 0.25) is 18.3 Å². The summed E-state index contributed by atoms with van der Waals surface area (Å²) in [4.78, 5) is 31.5. The Morgan fingerprint density at radius 1 is 1.52 bits per heavy atom. The summed E-state index contributed by atoms with van der Waals surface area (Å²) >= 11 is 0. The third kappa shape index (κ3) is 4.70. The van der Waals surface area contributed by atoms with Crippen LogP contribution in [0.5, 0.6) is 0 Å². The normalized spacial score (nSPS) is 16.1. The van der Waals surface area contributed by atoms with Gasteiger partial charge >= 0.3 is 0 Å². The maximum atomic E-state index is 12.7. The minimum absolute atomic E-state index is 0.0850. The van der Waals surface area contributed by atoms with E-state index in [0.717, 1.165) is 30.7 Å². The highest BCUT2D eigenvalue weighted by molar-refractivity contribution is 5.92. The summed E-state index contributed by atoms with van der Waals surface area (Å²) in [5.74, 6) is 5.42. The predicted molar refractivity (Wildman–Crippen MR) is 83.1 cm³/mol. The van der Waals surface area contributed by atoms with E-state index in [4.69, 9.17) is 5.84 Å². The van der Waals surface area contributed by atoms with E-state index < -0.39 is 11.8 Å². The molecule has 1 fully saturated rings. The summed E-state index contributed by atoms with van der Waals surface area (Å²) in [5.41, 5.74) is 0.697. The lowest BCUT2D eigenvalue weighted by Crippen LogP contribution is -2.46. The molecule has 0 bridgehead atoms. The maximum absolute atomic E-state index is 12.7. The highest BCUT2D eigenvalue weighted by Gasteiger charge is 2.30. The van der Waals surface area contributed by atoms with Gasteiger partial charge in [0.1, 0.15) is 0 Å². The number of hydrogen-bond donors (Lipinski definition) is 2. The van der Waals surface area contributed by atoms with E-state index in [1.165, 1.54) is 6.20 Å². The standard InChI is InChI=1S/C15H23N5O3/c1-11-6-7-17-15(18-11)20(16)14(22)13(9-19(23)10-21)8-12-4-2-3-5-12/h6-7,10,12-13,23H,2-5,8-9,16H2,1H3/t13-/m1/s1. The first kappa shape index (κ1) is 17.3. The van der Waals surface area contributed by atoms with Crippen LogP contribution < -0.4 is 10.9 Å². The van der Waals surface area contributed by atoms with Gasteiger partial charge in [0.25, 0.3) is 0 Å². The average molecular weight is 321 g/mol. The zero-order valence-corrected chi connectivity index (χ0v) is 13.3. The smallest absolute Gasteiger partial charge is 0.248 e. The van der Waals surface area contributed by atoms with Gasteiger partial charge < -0.3 is 0 Å². The molecule has 1 saturated carbocycles. The molecule has 2 rings (SSSR count). The minimum Gasteiger partial charge on any atom is -0.286 e. The third-order valence-electron chi connectivity index (χ3n) is 4.21. The summed E-state index contributed by atoms with van der Waals surface area (Å²) in [7, 11) is 0. The van der Waals surface area contributed by atoms with Crippen LogP contribution in [0.4, 0.5) is 5.95 Å². The van der Waals surface area contributed by atoms with Crippen molar-refractivity contribution in [3.8, 4) is 0 Å². The number of amides is 2. The summed E-state index contributed by atoms with van der Waals surface area (Å²) < 4.78 is 0. The molecule has 0 saturated heterocycles. The van der Waals surface area contributed by atoms with E-state index in [0.29, 0.717) is 29.5 Å². The number of hydrazine groups is 1. The molecular weight excluding hydrogens is 298 g/mol. The van der Waals surface area contributed by atoms with E-state index in [1.807, 2.05) is 0 Å². The lowest BCUT2D eigenvalue weighted by Gasteiger charge is -2.25. The third-order valence-corrected chi connectivity index (χ3v) is 4.21. The molecule has 126 valence electrons. The van der Waals surface area contributed by atoms with Crippen LogP contribution >= 0.6 is 0 Å². The lowest BCUT2D eigenvalue weighted by atomic mass is 9.92. The fourth-order valence-electron chi connectivity index (χ4n) is 3.02. The number of carbonyl (C=O) groups is 2. The van der Waals surface area contributed by atoms with Crippen molar-refractivity contribution >= 4 is 18.3 Å². The molecule has 1 atom stereocenters. The Kier molecular flexibility index (Phi) is 6.00. The topological polar surface area (TPSA) is 113 Å². The van der Waals surface area contributed by atoms with E-state index in [-0.39, 0.29) is 12.5 Å². The molecule has 23 heavy (non-hydrogen) atoms. The van der Waals surface area contributed by atoms with Crippen molar-refractivity contribution in [1.29, 1.82) is 0 Å². The summed E-state index contributed by atoms with van der Waals surface area (Å²) in [6.45, 7) is 1.69. The summed E-state index contributed by atoms with van der Waals surface area (Å²) in [5, 5.41) is 10.9. The zero-order chi connectivity index (χ0) is 16.8. The monoisotopic (exact) mass is 321 g/mol. The highest BCUT2D eigenvalue weighted by atomic mass is 16.5. The van der Waals surface area contributed by atoms with Gasteiger partial charge in [0.05, 0.1) is 12.5 Å². The Hall–Kier alpha value is -2.06. The van der Waals surface area contributed by atoms with Gasteiger partial charge in [-0.05, 0) is 25.3 Å². The fraction of sp³-hybridized carbons (Fsp3) is 0.600. The maximum Gasteiger partial charge on any atom is 0.248 e. The van der Waals surface area contributed by atoms with Crippen LogP contribution in [0, 0.1) is 18.8 Å². The van der Waals surface area contributed by atoms with Gasteiger partial charge in [0, 0.05) is 11.9 Å². The molecule has 0 aromatic carbocycles. The van der Waals surface area contributed by atoms with Crippen molar-refractivity contribution in [1.82, 2.24) is 15.0 Å². The Balaban J connectivity index is 2.11. The molecule has 0 unspecified atom stereocenters. The molecule has 1 aliphatic rings. The van der Waals surface area contributed by atoms with Crippen LogP contribution in [0.3, 0.4) is 0 Å². The first-order valence-corrected chi connectivity index (χ1v) is 7.80. The molecular formula is C15H23N5O3. The predicted octanol–water partition coefficient (Wildman–Crippen LogP) is 1.04. The van der Waals surface area contributed by atoms with Gasteiger partial charge in [-0.15, -0.1) is 0 Å². The number of nitrogens with two attached hydrogens (primary N) is 1. The molecule has 8 nitrogen and oxygen atoms in total. The molecule has 1 aliphatic carbocycles. The number of anilines is 1. The van der Waals surface area contributed by atoms with Crippen molar-refractivity contribution in [3.05, 3.63) is 18.0 Å². The van der Waals surface area contributed by atoms with Crippen molar-refractivity contribution in [2.75, 3.05) is 11.6 Å². The molecule has 0 spiro atoms. The quantitative estimate of drug-likeness (QED) is 0.255. The molecule has 0 aliphatic heterocycles. The second-order valence-corrected chi connectivity index (χ2v) is 6.02. The van der Waals surface area contributed by atoms with Gasteiger partial charge in [0.15, 0.2) is 0 Å². The Morgan fingerprint density at radius 2 is 2.22 bits per heavy atom. The van der Waals surface area contributed by atoms with Gasteiger partial charge in [-0.1, -0.05) is 25.7 Å². The van der Waals surface area contributed by atoms with Crippen molar-refractivity contribution in [3.63, 3.8) is 0 Å². The van der Waals surface area contributed by atoms with Crippen LogP contribution in [0.2, 0.25) is 0 Å². The Bertz CT molecular complexity index is 548. The number of aryl methyl sites for hydroxylation is 1. The molecule has 8 heteroatoms. The van der Waals surface area contributed by atoms with E-state index in [2.05, 4.69) is 9.97 Å². The first-order chi connectivity index (χ1) is 11.0. The Morgan fingerprint density at radius 3 is 2.83 bits per heavy atom. The van der Waals surface area contributed by atoms with E-state index in [1.54, 1.807) is 13.0 Å². The number of hydroxylamine groups is 2. The Labute approximate surface area is 135 Å². The SMILES string of the molecule is Cc1ccnc(N(N)C(=O)[C@H](CC2CCCC2)CN(O)C=O)n1. The summed E-state index contributed by atoms with van der Waals surface area (Å²) in [6.07, 6.45) is 6.82. The number of nitrogens with zero attached hydrogens (tertiary/aromatic N) is 4. The van der Waals surface area contributed by atoms with E-state index in [9.17, 15) is 14.8 Å². The number of aromatic nitrogens is 2. The first-order valence-electron chi connectivity index (χ1n) is 7.80. The lowest BCUT2D eigenvalue weighted by molar-refractivity contribution is -0.154. The molecule has 1 heterocycles. The second kappa shape index (κ2) is 7.98. The van der Waals surface area contributed by atoms with Crippen molar-refractivity contribution in [2.24, 2.45) is 17.7 Å². The van der Waals surface area contributed by atoms with Crippen LogP contribution in [0.1, 0.15) is 37.8 Å². The van der Waals surface area contributed by atoms with E-state index >= 15 is 0 Å². The van der Waals surface area contributed by atoms with Gasteiger partial charge in [-0.25, -0.2) is 25.9 Å². The highest BCUT2D eigenvalue weighted by Crippen LogP contribution is 2.31. The molecule has 1 aromatic rings. The van der Waals surface area contributed by atoms with Crippen LogP contribution in [-0.4, -0.2) is 39.1 Å². The molecule has 0 radical (unpaired) electrons. The fourth-order valence-corrected chi connectivity index (χ4v) is 3.02. The number of carbonyl (C=O) groups excluding carboxylic acids is 2. The van der Waals surface area contributed by atoms with Crippen LogP contribution in [0.15, 0.2) is 12.3 Å². The number of hydrogen-bond acceptors (Lipinski definition) is 6. The molecule has 3 N–H and O–H groups in total. The average Bonchev–Trinajstić information content (AvgIpc) is 3.05. The van der Waals surface area contributed by atoms with Gasteiger partial charge in [-0.3, -0.25) is 14.8 Å². The van der Waals surface area contributed by atoms with Crippen molar-refractivity contribution in [2.45, 2.75) is 39.0 Å². The molecule has 1 aromatic heterocycles. The second-order valence-electron chi connectivity index (χ2n) is 6.02. The minimum atomic E-state index is -0.581. The number of rotatable bonds is 7. The van der Waals surface area contributed by atoms with Crippen LogP contribution in [0.25, 0.3) is 0 Å². The zero-order valence-electron chi connectivity index (χ0n) is 13.3. The largest absolute Gasteiger partial charge is 0.286 e. The van der Waals surface area contributed by atoms with Crippen molar-refractivity contribution < 1.29 is 14.8 Å². The van der Waals surface area contributed by atoms with Crippen LogP contribution in [-0.2, 0) is 9.59 Å². The summed E-state index contributed by atoms with van der Waals surface area (Å²) in [6, 6.07) is 1.71. The molecule has 2 amide bonds.